The molecular formula is C26H26N6OS. The predicted octanol–water partition coefficient (Wildman–Crippen LogP) is 5.22. The van der Waals surface area contributed by atoms with E-state index in [0.29, 0.717) is 12.1 Å². The Labute approximate surface area is 202 Å². The van der Waals surface area contributed by atoms with E-state index in [1.54, 1.807) is 30.1 Å². The minimum absolute atomic E-state index is 0.134. The molecule has 1 aromatic carbocycles. The fourth-order valence-corrected chi connectivity index (χ4v) is 4.82. The molecule has 0 radical (unpaired) electrons. The molecule has 172 valence electrons. The Morgan fingerprint density at radius 2 is 2.00 bits per heavy atom. The van der Waals surface area contributed by atoms with Crippen molar-refractivity contribution in [1.29, 1.82) is 0 Å². The highest BCUT2D eigenvalue weighted by molar-refractivity contribution is 7.15. The number of fused-ring (bicyclic) bond motifs is 1. The Morgan fingerprint density at radius 1 is 1.15 bits per heavy atom. The van der Waals surface area contributed by atoms with Crippen LogP contribution in [0.25, 0.3) is 21.6 Å². The molecule has 34 heavy (non-hydrogen) atoms. The summed E-state index contributed by atoms with van der Waals surface area (Å²) in [6.07, 6.45) is 7.25. The summed E-state index contributed by atoms with van der Waals surface area (Å²) in [5, 5.41) is 8.37. The van der Waals surface area contributed by atoms with Gasteiger partial charge in [0.05, 0.1) is 34.0 Å². The number of imidazole rings is 1. The Hall–Kier alpha value is -3.78. The highest BCUT2D eigenvalue weighted by Gasteiger charge is 2.19. The Kier molecular flexibility index (Phi) is 5.98. The van der Waals surface area contributed by atoms with Gasteiger partial charge in [0.15, 0.2) is 5.65 Å². The van der Waals surface area contributed by atoms with Crippen LogP contribution >= 0.6 is 11.3 Å². The molecule has 0 atom stereocenters. The molecule has 0 saturated carbocycles. The van der Waals surface area contributed by atoms with Crippen LogP contribution in [0.2, 0.25) is 0 Å². The van der Waals surface area contributed by atoms with Crippen molar-refractivity contribution in [3.8, 4) is 10.6 Å². The van der Waals surface area contributed by atoms with Crippen molar-refractivity contribution in [3.05, 3.63) is 88.9 Å². The largest absolute Gasteiger partial charge is 0.348 e. The van der Waals surface area contributed by atoms with Gasteiger partial charge in [-0.15, -0.1) is 11.3 Å². The van der Waals surface area contributed by atoms with Crippen LogP contribution in [0.1, 0.15) is 46.3 Å². The summed E-state index contributed by atoms with van der Waals surface area (Å²) < 4.78 is 3.89. The SMILES string of the molecule is Cc1ccc(-c2cc(C(=O)NCc3cccc(Cn4ccnc4)c3)c3cnn(C(C)C)c3n2)s1. The zero-order chi connectivity index (χ0) is 23.7. The molecular weight excluding hydrogens is 444 g/mol. The fourth-order valence-electron chi connectivity index (χ4n) is 3.99. The fraction of sp³-hybridized carbons (Fsp3) is 0.231. The van der Waals surface area contributed by atoms with E-state index in [4.69, 9.17) is 4.98 Å². The molecule has 8 heteroatoms. The molecule has 0 aliphatic heterocycles. The summed E-state index contributed by atoms with van der Waals surface area (Å²) in [7, 11) is 0. The average Bonchev–Trinajstić information content (AvgIpc) is 3.58. The number of benzene rings is 1. The van der Waals surface area contributed by atoms with Gasteiger partial charge in [0.2, 0.25) is 0 Å². The predicted molar refractivity (Wildman–Crippen MR) is 135 cm³/mol. The van der Waals surface area contributed by atoms with Crippen LogP contribution in [0.3, 0.4) is 0 Å². The molecule has 5 rings (SSSR count). The molecule has 0 unspecified atom stereocenters. The van der Waals surface area contributed by atoms with Crippen molar-refractivity contribution in [2.75, 3.05) is 0 Å². The Bertz CT molecular complexity index is 1450. The number of rotatable bonds is 7. The number of nitrogens with zero attached hydrogens (tertiary/aromatic N) is 5. The van der Waals surface area contributed by atoms with Crippen molar-refractivity contribution >= 4 is 28.3 Å². The minimum Gasteiger partial charge on any atom is -0.348 e. The van der Waals surface area contributed by atoms with Gasteiger partial charge in [0.25, 0.3) is 5.91 Å². The third-order valence-corrected chi connectivity index (χ3v) is 6.69. The molecule has 1 amide bonds. The van der Waals surface area contributed by atoms with Crippen LogP contribution in [-0.4, -0.2) is 30.2 Å². The molecule has 0 aliphatic carbocycles. The normalized spacial score (nSPS) is 11.4. The van der Waals surface area contributed by atoms with Crippen molar-refractivity contribution in [2.24, 2.45) is 0 Å². The number of hydrogen-bond donors (Lipinski definition) is 1. The molecule has 0 bridgehead atoms. The maximum absolute atomic E-state index is 13.4. The number of amides is 1. The Morgan fingerprint density at radius 3 is 2.74 bits per heavy atom. The molecule has 4 heterocycles. The number of pyridine rings is 1. The van der Waals surface area contributed by atoms with E-state index in [0.717, 1.165) is 39.3 Å². The third kappa shape index (κ3) is 4.49. The number of hydrogen-bond acceptors (Lipinski definition) is 5. The zero-order valence-electron chi connectivity index (χ0n) is 19.4. The summed E-state index contributed by atoms with van der Waals surface area (Å²) in [5.41, 5.74) is 4.31. The van der Waals surface area contributed by atoms with Crippen molar-refractivity contribution < 1.29 is 4.79 Å². The van der Waals surface area contributed by atoms with Crippen LogP contribution in [0.15, 0.2) is 67.4 Å². The maximum atomic E-state index is 13.4. The van der Waals surface area contributed by atoms with Gasteiger partial charge < -0.3 is 9.88 Å². The summed E-state index contributed by atoms with van der Waals surface area (Å²) in [6.45, 7) is 7.37. The summed E-state index contributed by atoms with van der Waals surface area (Å²) in [6, 6.07) is 14.4. The van der Waals surface area contributed by atoms with Crippen LogP contribution in [0.4, 0.5) is 0 Å². The molecule has 0 saturated heterocycles. The first-order valence-corrected chi connectivity index (χ1v) is 12.1. The first-order chi connectivity index (χ1) is 16.5. The molecule has 7 nitrogen and oxygen atoms in total. The summed E-state index contributed by atoms with van der Waals surface area (Å²) >= 11 is 1.67. The minimum atomic E-state index is -0.134. The van der Waals surface area contributed by atoms with Crippen LogP contribution in [0.5, 0.6) is 0 Å². The quantitative estimate of drug-likeness (QED) is 0.354. The van der Waals surface area contributed by atoms with E-state index < -0.39 is 0 Å². The number of thiophene rings is 1. The van der Waals surface area contributed by atoms with Crippen LogP contribution in [-0.2, 0) is 13.1 Å². The van der Waals surface area contributed by atoms with Crippen molar-refractivity contribution in [1.82, 2.24) is 29.6 Å². The summed E-state index contributed by atoms with van der Waals surface area (Å²) in [4.78, 5) is 24.6. The lowest BCUT2D eigenvalue weighted by Gasteiger charge is -2.11. The number of carbonyl (C=O) groups excluding carboxylic acids is 1. The molecule has 1 N–H and O–H groups in total. The van der Waals surface area contributed by atoms with E-state index in [1.165, 1.54) is 4.88 Å². The average molecular weight is 471 g/mol. The lowest BCUT2D eigenvalue weighted by Crippen LogP contribution is -2.23. The van der Waals surface area contributed by atoms with Gasteiger partial charge >= 0.3 is 0 Å². The van der Waals surface area contributed by atoms with Gasteiger partial charge in [-0.25, -0.2) is 14.6 Å². The first-order valence-electron chi connectivity index (χ1n) is 11.2. The molecule has 4 aromatic heterocycles. The number of aryl methyl sites for hydroxylation is 1. The molecule has 0 aliphatic rings. The second-order valence-corrected chi connectivity index (χ2v) is 9.91. The van der Waals surface area contributed by atoms with E-state index in [9.17, 15) is 4.79 Å². The zero-order valence-corrected chi connectivity index (χ0v) is 20.2. The van der Waals surface area contributed by atoms with E-state index >= 15 is 0 Å². The number of nitrogens with one attached hydrogen (secondary N) is 1. The number of aromatic nitrogens is 5. The van der Waals surface area contributed by atoms with Crippen LogP contribution in [0, 0.1) is 6.92 Å². The smallest absolute Gasteiger partial charge is 0.252 e. The first kappa shape index (κ1) is 22.0. The van der Waals surface area contributed by atoms with Gasteiger partial charge in [-0.1, -0.05) is 24.3 Å². The summed E-state index contributed by atoms with van der Waals surface area (Å²) in [5.74, 6) is -0.134. The van der Waals surface area contributed by atoms with Gasteiger partial charge in [0, 0.05) is 36.4 Å². The molecule has 5 aromatic rings. The highest BCUT2D eigenvalue weighted by Crippen LogP contribution is 2.30. The highest BCUT2D eigenvalue weighted by atomic mass is 32.1. The van der Waals surface area contributed by atoms with Gasteiger partial charge in [-0.05, 0) is 50.1 Å². The molecule has 0 fully saturated rings. The second kappa shape index (κ2) is 9.23. The van der Waals surface area contributed by atoms with Gasteiger partial charge in [-0.2, -0.15) is 5.10 Å². The van der Waals surface area contributed by atoms with Gasteiger partial charge in [-0.3, -0.25) is 4.79 Å². The topological polar surface area (TPSA) is 77.6 Å². The van der Waals surface area contributed by atoms with Crippen molar-refractivity contribution in [2.45, 2.75) is 39.9 Å². The lowest BCUT2D eigenvalue weighted by atomic mass is 10.1. The standard InChI is InChI=1S/C26H26N6OS/c1-17(2)32-25-22(14-29-32)21(12-23(30-25)24-8-7-18(3)34-24)26(33)28-13-19-5-4-6-20(11-19)15-31-10-9-27-16-31/h4-12,14,16-17H,13,15H2,1-3H3,(H,28,33). The number of carbonyl (C=O) groups is 1. The monoisotopic (exact) mass is 470 g/mol. The van der Waals surface area contributed by atoms with Crippen LogP contribution < -0.4 is 5.32 Å². The van der Waals surface area contributed by atoms with E-state index in [2.05, 4.69) is 60.4 Å². The van der Waals surface area contributed by atoms with Gasteiger partial charge in [0.1, 0.15) is 0 Å². The van der Waals surface area contributed by atoms with E-state index in [1.807, 2.05) is 33.6 Å². The Balaban J connectivity index is 1.42. The third-order valence-electron chi connectivity index (χ3n) is 5.66. The lowest BCUT2D eigenvalue weighted by molar-refractivity contribution is 0.0952. The molecule has 0 spiro atoms. The second-order valence-electron chi connectivity index (χ2n) is 8.62. The van der Waals surface area contributed by atoms with Crippen molar-refractivity contribution in [3.63, 3.8) is 0 Å². The van der Waals surface area contributed by atoms with E-state index in [-0.39, 0.29) is 11.9 Å². The maximum Gasteiger partial charge on any atom is 0.252 e.